The molecule has 0 fully saturated rings. The van der Waals surface area contributed by atoms with Crippen molar-refractivity contribution in [1.29, 1.82) is 0 Å². The molecule has 150 valence electrons. The zero-order valence-corrected chi connectivity index (χ0v) is 16.5. The number of carbonyl (C=O) groups excluding carboxylic acids is 2. The molecule has 2 aromatic heterocycles. The van der Waals surface area contributed by atoms with Crippen molar-refractivity contribution in [3.05, 3.63) is 71.7 Å². The molecular formula is C24H21N3O3. The monoisotopic (exact) mass is 399 g/mol. The standard InChI is InChI=1S/C24H21N3O3/c28-22(27-20-10-3-1-6-16(20)17-7-2-4-11-21(17)27)12-15-30-24(29)18-8-5-9-19-23(18)26-14-13-25-19/h1,3,5-6,8-10,13-14H,2,4,7,11-12,15H2. The van der Waals surface area contributed by atoms with E-state index in [-0.39, 0.29) is 18.9 Å². The Morgan fingerprint density at radius 1 is 0.967 bits per heavy atom. The molecule has 30 heavy (non-hydrogen) atoms. The first-order valence-electron chi connectivity index (χ1n) is 10.3. The van der Waals surface area contributed by atoms with Crippen molar-refractivity contribution < 1.29 is 14.3 Å². The van der Waals surface area contributed by atoms with Crippen LogP contribution in [0.4, 0.5) is 0 Å². The van der Waals surface area contributed by atoms with E-state index in [4.69, 9.17) is 4.74 Å². The number of aromatic nitrogens is 3. The Morgan fingerprint density at radius 2 is 1.80 bits per heavy atom. The number of carbonyl (C=O) groups is 2. The van der Waals surface area contributed by atoms with Gasteiger partial charge in [-0.25, -0.2) is 4.79 Å². The number of fused-ring (bicyclic) bond motifs is 4. The molecule has 5 rings (SSSR count). The fraction of sp³-hybridized carbons (Fsp3) is 0.250. The van der Waals surface area contributed by atoms with E-state index in [2.05, 4.69) is 16.0 Å². The third-order valence-corrected chi connectivity index (χ3v) is 5.70. The highest BCUT2D eigenvalue weighted by Gasteiger charge is 2.23. The van der Waals surface area contributed by atoms with Gasteiger partial charge in [0.2, 0.25) is 5.91 Å². The molecular weight excluding hydrogens is 378 g/mol. The molecule has 1 aliphatic carbocycles. The quantitative estimate of drug-likeness (QED) is 0.477. The average molecular weight is 399 g/mol. The van der Waals surface area contributed by atoms with Gasteiger partial charge < -0.3 is 4.74 Å². The summed E-state index contributed by atoms with van der Waals surface area (Å²) in [6.45, 7) is 0.0234. The number of benzene rings is 2. The molecule has 0 N–H and O–H groups in total. The Kier molecular flexibility index (Phi) is 4.75. The summed E-state index contributed by atoms with van der Waals surface area (Å²) in [5.41, 5.74) is 4.84. The van der Waals surface area contributed by atoms with Crippen LogP contribution in [0.3, 0.4) is 0 Å². The minimum atomic E-state index is -0.492. The first kappa shape index (κ1) is 18.5. The van der Waals surface area contributed by atoms with E-state index >= 15 is 0 Å². The first-order valence-corrected chi connectivity index (χ1v) is 10.3. The number of hydrogen-bond acceptors (Lipinski definition) is 5. The van der Waals surface area contributed by atoms with E-state index in [9.17, 15) is 9.59 Å². The van der Waals surface area contributed by atoms with E-state index in [0.29, 0.717) is 16.6 Å². The molecule has 2 aromatic carbocycles. The van der Waals surface area contributed by atoms with Gasteiger partial charge in [-0.1, -0.05) is 24.3 Å². The molecule has 2 heterocycles. The normalized spacial score (nSPS) is 13.3. The van der Waals surface area contributed by atoms with Crippen molar-refractivity contribution in [3.8, 4) is 0 Å². The third kappa shape index (κ3) is 3.14. The highest BCUT2D eigenvalue weighted by atomic mass is 16.5. The van der Waals surface area contributed by atoms with Crippen LogP contribution < -0.4 is 0 Å². The molecule has 6 nitrogen and oxygen atoms in total. The maximum absolute atomic E-state index is 13.1. The molecule has 0 radical (unpaired) electrons. The average Bonchev–Trinajstić information content (AvgIpc) is 3.13. The highest BCUT2D eigenvalue weighted by Crippen LogP contribution is 2.32. The summed E-state index contributed by atoms with van der Waals surface area (Å²) in [6, 6.07) is 13.3. The van der Waals surface area contributed by atoms with Crippen molar-refractivity contribution >= 4 is 33.8 Å². The molecule has 0 aliphatic heterocycles. The molecule has 0 atom stereocenters. The second-order valence-electron chi connectivity index (χ2n) is 7.49. The second-order valence-corrected chi connectivity index (χ2v) is 7.49. The number of nitrogens with zero attached hydrogens (tertiary/aromatic N) is 3. The summed E-state index contributed by atoms with van der Waals surface area (Å²) in [5.74, 6) is -0.534. The predicted molar refractivity (Wildman–Crippen MR) is 114 cm³/mol. The van der Waals surface area contributed by atoms with Crippen LogP contribution >= 0.6 is 0 Å². The fourth-order valence-electron chi connectivity index (χ4n) is 4.36. The van der Waals surface area contributed by atoms with Gasteiger partial charge in [-0.15, -0.1) is 0 Å². The van der Waals surface area contributed by atoms with Crippen LogP contribution in [0, 0.1) is 0 Å². The number of para-hydroxylation sites is 2. The summed E-state index contributed by atoms with van der Waals surface area (Å²) in [7, 11) is 0. The molecule has 0 saturated heterocycles. The smallest absolute Gasteiger partial charge is 0.340 e. The Morgan fingerprint density at radius 3 is 2.73 bits per heavy atom. The van der Waals surface area contributed by atoms with Gasteiger partial charge >= 0.3 is 5.97 Å². The van der Waals surface area contributed by atoms with Crippen molar-refractivity contribution in [3.63, 3.8) is 0 Å². The molecule has 0 unspecified atom stereocenters. The van der Waals surface area contributed by atoms with E-state index in [1.807, 2.05) is 22.8 Å². The predicted octanol–water partition coefficient (Wildman–Crippen LogP) is 4.35. The number of aryl methyl sites for hydroxylation is 1. The van der Waals surface area contributed by atoms with Crippen LogP contribution in [0.1, 0.15) is 45.7 Å². The van der Waals surface area contributed by atoms with Crippen LogP contribution in [0.25, 0.3) is 21.9 Å². The highest BCUT2D eigenvalue weighted by molar-refractivity contribution is 6.01. The molecule has 4 aromatic rings. The summed E-state index contributed by atoms with van der Waals surface area (Å²) in [5, 5.41) is 1.16. The summed E-state index contributed by atoms with van der Waals surface area (Å²) < 4.78 is 7.25. The van der Waals surface area contributed by atoms with Crippen molar-refractivity contribution in [2.75, 3.05) is 6.61 Å². The van der Waals surface area contributed by atoms with Gasteiger partial charge in [0.15, 0.2) is 0 Å². The van der Waals surface area contributed by atoms with Crippen LogP contribution in [0.5, 0.6) is 0 Å². The Bertz CT molecular complexity index is 1270. The van der Waals surface area contributed by atoms with Gasteiger partial charge in [-0.3, -0.25) is 19.3 Å². The molecule has 1 aliphatic rings. The van der Waals surface area contributed by atoms with Gasteiger partial charge in [0.1, 0.15) is 12.1 Å². The van der Waals surface area contributed by atoms with Gasteiger partial charge in [-0.2, -0.15) is 0 Å². The minimum absolute atomic E-state index is 0.0234. The lowest BCUT2D eigenvalue weighted by molar-refractivity contribution is 0.0491. The summed E-state index contributed by atoms with van der Waals surface area (Å²) in [4.78, 5) is 34.1. The number of esters is 1. The van der Waals surface area contributed by atoms with Gasteiger partial charge in [-0.05, 0) is 49.4 Å². The fourth-order valence-corrected chi connectivity index (χ4v) is 4.36. The van der Waals surface area contributed by atoms with Crippen LogP contribution in [0.2, 0.25) is 0 Å². The largest absolute Gasteiger partial charge is 0.461 e. The summed E-state index contributed by atoms with van der Waals surface area (Å²) in [6.07, 6.45) is 7.42. The maximum atomic E-state index is 13.1. The molecule has 0 spiro atoms. The van der Waals surface area contributed by atoms with E-state index < -0.39 is 5.97 Å². The molecule has 0 saturated carbocycles. The Hall–Kier alpha value is -3.54. The number of ether oxygens (including phenoxy) is 1. The van der Waals surface area contributed by atoms with Crippen molar-refractivity contribution in [1.82, 2.24) is 14.5 Å². The Labute approximate surface area is 173 Å². The van der Waals surface area contributed by atoms with Gasteiger partial charge in [0, 0.05) is 23.5 Å². The SMILES string of the molecule is O=C(OCCC(=O)n1c2c(c3ccccc31)CCCC2)c1cccc2nccnc12. The molecule has 0 bridgehead atoms. The topological polar surface area (TPSA) is 74.1 Å². The van der Waals surface area contributed by atoms with Crippen molar-refractivity contribution in [2.24, 2.45) is 0 Å². The van der Waals surface area contributed by atoms with Crippen molar-refractivity contribution in [2.45, 2.75) is 32.1 Å². The van der Waals surface area contributed by atoms with Crippen LogP contribution in [-0.4, -0.2) is 33.0 Å². The zero-order chi connectivity index (χ0) is 20.5. The lowest BCUT2D eigenvalue weighted by Gasteiger charge is -2.15. The van der Waals surface area contributed by atoms with E-state index in [0.717, 1.165) is 42.3 Å². The maximum Gasteiger partial charge on any atom is 0.340 e. The van der Waals surface area contributed by atoms with Crippen LogP contribution in [-0.2, 0) is 17.6 Å². The lowest BCUT2D eigenvalue weighted by atomic mass is 9.95. The molecule has 6 heteroatoms. The van der Waals surface area contributed by atoms with Crippen LogP contribution in [0.15, 0.2) is 54.9 Å². The van der Waals surface area contributed by atoms with Gasteiger partial charge in [0.25, 0.3) is 0 Å². The lowest BCUT2D eigenvalue weighted by Crippen LogP contribution is -2.19. The third-order valence-electron chi connectivity index (χ3n) is 5.70. The first-order chi connectivity index (χ1) is 14.7. The van der Waals surface area contributed by atoms with E-state index in [1.165, 1.54) is 5.56 Å². The molecule has 0 amide bonds. The zero-order valence-electron chi connectivity index (χ0n) is 16.5. The summed E-state index contributed by atoms with van der Waals surface area (Å²) >= 11 is 0. The number of hydrogen-bond donors (Lipinski definition) is 0. The number of rotatable bonds is 4. The minimum Gasteiger partial charge on any atom is -0.461 e. The van der Waals surface area contributed by atoms with Gasteiger partial charge in [0.05, 0.1) is 23.0 Å². The second kappa shape index (κ2) is 7.71. The Balaban J connectivity index is 1.34. The van der Waals surface area contributed by atoms with E-state index in [1.54, 1.807) is 30.6 Å².